The van der Waals surface area contributed by atoms with Gasteiger partial charge in [0, 0.05) is 30.7 Å². The van der Waals surface area contributed by atoms with Crippen LogP contribution in [0, 0.1) is 0 Å². The van der Waals surface area contributed by atoms with Crippen molar-refractivity contribution >= 4 is 32.8 Å². The second-order valence-electron chi connectivity index (χ2n) is 8.70. The molecule has 0 bridgehead atoms. The fourth-order valence-corrected chi connectivity index (χ4v) is 5.15. The summed E-state index contributed by atoms with van der Waals surface area (Å²) in [7, 11) is 0. The summed E-state index contributed by atoms with van der Waals surface area (Å²) in [6, 6.07) is 12.3. The van der Waals surface area contributed by atoms with E-state index in [-0.39, 0.29) is 17.1 Å². The van der Waals surface area contributed by atoms with E-state index in [1.807, 2.05) is 24.3 Å². The lowest BCUT2D eigenvalue weighted by atomic mass is 9.98. The topological polar surface area (TPSA) is 72.2 Å². The van der Waals surface area contributed by atoms with Gasteiger partial charge in [-0.2, -0.15) is 0 Å². The molecule has 1 aromatic heterocycles. The Morgan fingerprint density at radius 3 is 2.74 bits per heavy atom. The third-order valence-electron chi connectivity index (χ3n) is 6.45. The monoisotopic (exact) mass is 538 g/mol. The molecule has 7 nitrogen and oxygen atoms in total. The SMILES string of the molecule is C=CCOc1cccc(C2c3c(oc4ccc(Br)cc4c3=O)C(=O)N2CCCN2CCOCC2)c1. The highest BCUT2D eigenvalue weighted by atomic mass is 79.9. The third-order valence-corrected chi connectivity index (χ3v) is 6.94. The van der Waals surface area contributed by atoms with Gasteiger partial charge in [-0.15, -0.1) is 0 Å². The van der Waals surface area contributed by atoms with Gasteiger partial charge in [-0.3, -0.25) is 14.5 Å². The van der Waals surface area contributed by atoms with Crippen molar-refractivity contribution in [3.05, 3.63) is 86.7 Å². The fraction of sp³-hybridized carbons (Fsp3) is 0.333. The molecule has 2 aromatic carbocycles. The molecule has 0 saturated carbocycles. The largest absolute Gasteiger partial charge is 0.490 e. The molecule has 2 aliphatic heterocycles. The molecule has 8 heteroatoms. The van der Waals surface area contributed by atoms with Crippen molar-refractivity contribution < 1.29 is 18.7 Å². The number of morpholine rings is 1. The Morgan fingerprint density at radius 2 is 1.94 bits per heavy atom. The Balaban J connectivity index is 1.54. The zero-order chi connectivity index (χ0) is 24.4. The molecule has 1 atom stereocenters. The minimum Gasteiger partial charge on any atom is -0.490 e. The Labute approximate surface area is 212 Å². The van der Waals surface area contributed by atoms with E-state index in [1.165, 1.54) is 0 Å². The number of amides is 1. The molecule has 1 saturated heterocycles. The molecular formula is C27H27BrN2O5. The predicted octanol–water partition coefficient (Wildman–Crippen LogP) is 4.39. The van der Waals surface area contributed by atoms with Crippen LogP contribution in [0.2, 0.25) is 0 Å². The van der Waals surface area contributed by atoms with Crippen molar-refractivity contribution in [1.29, 1.82) is 0 Å². The number of halogens is 1. The quantitative estimate of drug-likeness (QED) is 0.396. The summed E-state index contributed by atoms with van der Waals surface area (Å²) >= 11 is 3.44. The van der Waals surface area contributed by atoms with E-state index in [1.54, 1.807) is 29.2 Å². The molecule has 1 fully saturated rings. The third kappa shape index (κ3) is 4.78. The number of nitrogens with zero attached hydrogens (tertiary/aromatic N) is 2. The number of carbonyl (C=O) groups is 1. The summed E-state index contributed by atoms with van der Waals surface area (Å²) in [5.41, 5.74) is 1.41. The van der Waals surface area contributed by atoms with E-state index < -0.39 is 6.04 Å². The van der Waals surface area contributed by atoms with Gasteiger partial charge in [0.15, 0.2) is 5.43 Å². The smallest absolute Gasteiger partial charge is 0.290 e. The first-order chi connectivity index (χ1) is 17.1. The zero-order valence-corrected chi connectivity index (χ0v) is 21.0. The summed E-state index contributed by atoms with van der Waals surface area (Å²) in [5, 5.41) is 0.449. The normalized spacial score (nSPS) is 18.1. The molecule has 2 aliphatic rings. The molecule has 5 rings (SSSR count). The second kappa shape index (κ2) is 10.4. The lowest BCUT2D eigenvalue weighted by Gasteiger charge is -2.29. The van der Waals surface area contributed by atoms with Crippen LogP contribution in [0.5, 0.6) is 5.75 Å². The van der Waals surface area contributed by atoms with E-state index >= 15 is 0 Å². The van der Waals surface area contributed by atoms with E-state index in [4.69, 9.17) is 13.9 Å². The maximum atomic E-state index is 13.7. The fourth-order valence-electron chi connectivity index (χ4n) is 4.79. The van der Waals surface area contributed by atoms with Gasteiger partial charge in [0.1, 0.15) is 17.9 Å². The average Bonchev–Trinajstić information content (AvgIpc) is 3.16. The van der Waals surface area contributed by atoms with Crippen molar-refractivity contribution in [3.63, 3.8) is 0 Å². The predicted molar refractivity (Wildman–Crippen MR) is 137 cm³/mol. The van der Waals surface area contributed by atoms with E-state index in [0.717, 1.165) is 49.3 Å². The first-order valence-electron chi connectivity index (χ1n) is 11.8. The highest BCUT2D eigenvalue weighted by Gasteiger charge is 2.42. The van der Waals surface area contributed by atoms with Crippen LogP contribution in [-0.2, 0) is 4.74 Å². The Kier molecular flexibility index (Phi) is 7.04. The summed E-state index contributed by atoms with van der Waals surface area (Å²) in [6.07, 6.45) is 2.46. The molecule has 0 radical (unpaired) electrons. The number of ether oxygens (including phenoxy) is 2. The average molecular weight is 539 g/mol. The van der Waals surface area contributed by atoms with Crippen molar-refractivity contribution in [1.82, 2.24) is 9.80 Å². The van der Waals surface area contributed by atoms with E-state index in [2.05, 4.69) is 27.4 Å². The minimum atomic E-state index is -0.547. The molecule has 0 spiro atoms. The lowest BCUT2D eigenvalue weighted by Crippen LogP contribution is -2.38. The molecule has 182 valence electrons. The standard InChI is InChI=1S/C27H27BrN2O5/c1-2-13-34-20-6-3-5-18(16-20)24-23-25(31)21-17-19(28)7-8-22(21)35-26(23)27(32)30(24)10-4-9-29-11-14-33-15-12-29/h2-3,5-8,16-17,24H,1,4,9-15H2. The maximum absolute atomic E-state index is 13.7. The number of fused-ring (bicyclic) bond motifs is 2. The van der Waals surface area contributed by atoms with Crippen molar-refractivity contribution in [2.24, 2.45) is 0 Å². The van der Waals surface area contributed by atoms with Gasteiger partial charge in [0.05, 0.1) is 30.2 Å². The van der Waals surface area contributed by atoms with Crippen molar-refractivity contribution in [3.8, 4) is 5.75 Å². The summed E-state index contributed by atoms with van der Waals surface area (Å²) in [4.78, 5) is 31.4. The van der Waals surface area contributed by atoms with Crippen LogP contribution in [0.25, 0.3) is 11.0 Å². The summed E-state index contributed by atoms with van der Waals surface area (Å²) in [5.74, 6) is 0.523. The molecule has 3 aromatic rings. The van der Waals surface area contributed by atoms with Crippen molar-refractivity contribution in [2.45, 2.75) is 12.5 Å². The zero-order valence-electron chi connectivity index (χ0n) is 19.4. The Bertz CT molecular complexity index is 1310. The lowest BCUT2D eigenvalue weighted by molar-refractivity contribution is 0.0353. The molecular weight excluding hydrogens is 512 g/mol. The van der Waals surface area contributed by atoms with Crippen molar-refractivity contribution in [2.75, 3.05) is 46.0 Å². The first kappa shape index (κ1) is 23.8. The van der Waals surface area contributed by atoms with Crippen LogP contribution in [-0.4, -0.2) is 61.7 Å². The maximum Gasteiger partial charge on any atom is 0.290 e. The minimum absolute atomic E-state index is 0.124. The van der Waals surface area contributed by atoms with E-state index in [9.17, 15) is 9.59 Å². The number of benzene rings is 2. The molecule has 3 heterocycles. The van der Waals surface area contributed by atoms with E-state index in [0.29, 0.717) is 35.4 Å². The van der Waals surface area contributed by atoms with Gasteiger partial charge in [-0.05, 0) is 42.3 Å². The Hall–Kier alpha value is -2.94. The van der Waals surface area contributed by atoms with Crippen LogP contribution in [0.3, 0.4) is 0 Å². The highest BCUT2D eigenvalue weighted by molar-refractivity contribution is 9.10. The molecule has 1 unspecified atom stereocenters. The van der Waals surface area contributed by atoms with Gasteiger partial charge in [0.25, 0.3) is 5.91 Å². The number of carbonyl (C=O) groups excluding carboxylic acids is 1. The summed E-state index contributed by atoms with van der Waals surface area (Å²) < 4.78 is 18.0. The summed E-state index contributed by atoms with van der Waals surface area (Å²) in [6.45, 7) is 8.67. The van der Waals surface area contributed by atoms with Crippen LogP contribution >= 0.6 is 15.9 Å². The van der Waals surface area contributed by atoms with Crippen LogP contribution in [0.4, 0.5) is 0 Å². The van der Waals surface area contributed by atoms with Gasteiger partial charge in [0.2, 0.25) is 5.76 Å². The number of hydrogen-bond donors (Lipinski definition) is 0. The highest BCUT2D eigenvalue weighted by Crippen LogP contribution is 2.39. The van der Waals surface area contributed by atoms with Gasteiger partial charge < -0.3 is 18.8 Å². The number of rotatable bonds is 8. The molecule has 0 N–H and O–H groups in total. The second-order valence-corrected chi connectivity index (χ2v) is 9.61. The van der Waals surface area contributed by atoms with Crippen LogP contribution in [0.15, 0.2) is 68.8 Å². The first-order valence-corrected chi connectivity index (χ1v) is 12.6. The molecule has 35 heavy (non-hydrogen) atoms. The van der Waals surface area contributed by atoms with Crippen LogP contribution in [0.1, 0.15) is 34.1 Å². The van der Waals surface area contributed by atoms with Crippen LogP contribution < -0.4 is 10.2 Å². The molecule has 0 aliphatic carbocycles. The van der Waals surface area contributed by atoms with Gasteiger partial charge >= 0.3 is 0 Å². The Morgan fingerprint density at radius 1 is 1.11 bits per heavy atom. The van der Waals surface area contributed by atoms with Gasteiger partial charge in [-0.25, -0.2) is 0 Å². The van der Waals surface area contributed by atoms with Gasteiger partial charge in [-0.1, -0.05) is 40.7 Å². The number of hydrogen-bond acceptors (Lipinski definition) is 6. The molecule has 1 amide bonds.